The predicted octanol–water partition coefficient (Wildman–Crippen LogP) is 2.82. The molecule has 0 bridgehead atoms. The summed E-state index contributed by atoms with van der Waals surface area (Å²) in [5, 5.41) is 6.59. The van der Waals surface area contributed by atoms with E-state index in [0.717, 1.165) is 48.6 Å². The summed E-state index contributed by atoms with van der Waals surface area (Å²) in [6.07, 6.45) is 3.33. The minimum absolute atomic E-state index is 0.0893. The SMILES string of the molecule is CN=C(NCc1ccc(C(=O)N2CCCCC2)cc1)NCC1COc2ccccc2O1. The molecule has 2 aliphatic heterocycles. The number of likely N-dealkylation sites (tertiary alicyclic amines) is 1. The molecule has 2 N–H and O–H groups in total. The van der Waals surface area contributed by atoms with Crippen molar-refractivity contribution in [1.29, 1.82) is 0 Å². The molecule has 1 amide bonds. The lowest BCUT2D eigenvalue weighted by Gasteiger charge is -2.27. The maximum atomic E-state index is 12.6. The van der Waals surface area contributed by atoms with Crippen LogP contribution in [0.25, 0.3) is 0 Å². The molecule has 2 aromatic rings. The van der Waals surface area contributed by atoms with Crippen LogP contribution in [-0.4, -0.2) is 56.2 Å². The van der Waals surface area contributed by atoms with Gasteiger partial charge in [-0.15, -0.1) is 0 Å². The number of benzene rings is 2. The van der Waals surface area contributed by atoms with Crippen LogP contribution in [0.3, 0.4) is 0 Å². The smallest absolute Gasteiger partial charge is 0.253 e. The van der Waals surface area contributed by atoms with Crippen LogP contribution in [0.1, 0.15) is 35.2 Å². The summed E-state index contributed by atoms with van der Waals surface area (Å²) in [5.74, 6) is 2.37. The van der Waals surface area contributed by atoms with Crippen molar-refractivity contribution in [2.75, 3.05) is 33.3 Å². The van der Waals surface area contributed by atoms with Crippen molar-refractivity contribution >= 4 is 11.9 Å². The Balaban J connectivity index is 1.24. The number of amides is 1. The Bertz CT molecular complexity index is 907. The average molecular weight is 423 g/mol. The van der Waals surface area contributed by atoms with E-state index in [1.165, 1.54) is 6.42 Å². The van der Waals surface area contributed by atoms with Crippen molar-refractivity contribution in [3.05, 3.63) is 59.7 Å². The van der Waals surface area contributed by atoms with Crippen LogP contribution in [0.2, 0.25) is 0 Å². The molecule has 1 fully saturated rings. The van der Waals surface area contributed by atoms with Gasteiger partial charge in [0.15, 0.2) is 17.5 Å². The van der Waals surface area contributed by atoms with Crippen molar-refractivity contribution in [2.24, 2.45) is 4.99 Å². The largest absolute Gasteiger partial charge is 0.486 e. The first-order valence-electron chi connectivity index (χ1n) is 10.9. The fourth-order valence-electron chi connectivity index (χ4n) is 3.83. The highest BCUT2D eigenvalue weighted by Crippen LogP contribution is 2.30. The molecule has 0 radical (unpaired) electrons. The zero-order valence-corrected chi connectivity index (χ0v) is 18.0. The second-order valence-corrected chi connectivity index (χ2v) is 7.85. The van der Waals surface area contributed by atoms with Crippen LogP contribution >= 0.6 is 0 Å². The molecule has 2 heterocycles. The molecule has 1 unspecified atom stereocenters. The standard InChI is InChI=1S/C24H30N4O3/c1-25-24(27-16-20-17-30-21-7-3-4-8-22(21)31-20)26-15-18-9-11-19(12-10-18)23(29)28-13-5-2-6-14-28/h3-4,7-12,20H,2,5-6,13-17H2,1H3,(H2,25,26,27). The van der Waals surface area contributed by atoms with Gasteiger partial charge in [0.05, 0.1) is 6.54 Å². The van der Waals surface area contributed by atoms with Gasteiger partial charge in [-0.2, -0.15) is 0 Å². The molecule has 164 valence electrons. The van der Waals surface area contributed by atoms with E-state index < -0.39 is 0 Å². The van der Waals surface area contributed by atoms with E-state index in [1.807, 2.05) is 53.4 Å². The van der Waals surface area contributed by atoms with Crippen LogP contribution < -0.4 is 20.1 Å². The Morgan fingerprint density at radius 2 is 1.77 bits per heavy atom. The summed E-state index contributed by atoms with van der Waals surface area (Å²) in [4.78, 5) is 18.8. The number of carbonyl (C=O) groups excluding carboxylic acids is 1. The summed E-state index contributed by atoms with van der Waals surface area (Å²) in [6, 6.07) is 15.5. The zero-order chi connectivity index (χ0) is 21.5. The van der Waals surface area contributed by atoms with Gasteiger partial charge in [0.1, 0.15) is 12.7 Å². The number of aliphatic imine (C=N–C) groups is 1. The van der Waals surface area contributed by atoms with Gasteiger partial charge in [0.25, 0.3) is 5.91 Å². The third-order valence-corrected chi connectivity index (χ3v) is 5.59. The minimum atomic E-state index is -0.0893. The van der Waals surface area contributed by atoms with E-state index in [0.29, 0.717) is 25.7 Å². The number of nitrogens with one attached hydrogen (secondary N) is 2. The molecule has 0 spiro atoms. The van der Waals surface area contributed by atoms with Crippen molar-refractivity contribution < 1.29 is 14.3 Å². The highest BCUT2D eigenvalue weighted by Gasteiger charge is 2.21. The number of nitrogens with zero attached hydrogens (tertiary/aromatic N) is 2. The number of guanidine groups is 1. The first kappa shape index (κ1) is 21.0. The normalized spacial score (nSPS) is 18.4. The van der Waals surface area contributed by atoms with Gasteiger partial charge in [-0.05, 0) is 49.1 Å². The number of rotatable bonds is 5. The second-order valence-electron chi connectivity index (χ2n) is 7.85. The van der Waals surface area contributed by atoms with Crippen LogP contribution in [0.15, 0.2) is 53.5 Å². The number of ether oxygens (including phenoxy) is 2. The molecule has 7 heteroatoms. The number of hydrogen-bond donors (Lipinski definition) is 2. The molecule has 7 nitrogen and oxygen atoms in total. The molecule has 0 aromatic heterocycles. The van der Waals surface area contributed by atoms with Crippen LogP contribution in [0.4, 0.5) is 0 Å². The highest BCUT2D eigenvalue weighted by molar-refractivity contribution is 5.94. The average Bonchev–Trinajstić information content (AvgIpc) is 2.84. The maximum absolute atomic E-state index is 12.6. The van der Waals surface area contributed by atoms with Gasteiger partial charge < -0.3 is 25.0 Å². The van der Waals surface area contributed by atoms with E-state index >= 15 is 0 Å². The number of carbonyl (C=O) groups is 1. The first-order valence-corrected chi connectivity index (χ1v) is 10.9. The Kier molecular flexibility index (Phi) is 6.92. The molecular weight excluding hydrogens is 392 g/mol. The number of hydrogen-bond acceptors (Lipinski definition) is 4. The van der Waals surface area contributed by atoms with Crippen molar-refractivity contribution in [3.8, 4) is 11.5 Å². The molecule has 2 aliphatic rings. The summed E-state index contributed by atoms with van der Waals surface area (Å²) < 4.78 is 11.7. The molecule has 0 saturated carbocycles. The van der Waals surface area contributed by atoms with Crippen molar-refractivity contribution in [3.63, 3.8) is 0 Å². The zero-order valence-electron chi connectivity index (χ0n) is 18.0. The second kappa shape index (κ2) is 10.2. The lowest BCUT2D eigenvalue weighted by molar-refractivity contribution is 0.0724. The molecule has 31 heavy (non-hydrogen) atoms. The van der Waals surface area contributed by atoms with Gasteiger partial charge in [0, 0.05) is 32.2 Å². The van der Waals surface area contributed by atoms with E-state index in [4.69, 9.17) is 9.47 Å². The van der Waals surface area contributed by atoms with Crippen molar-refractivity contribution in [1.82, 2.24) is 15.5 Å². The van der Waals surface area contributed by atoms with E-state index in [1.54, 1.807) is 7.05 Å². The Morgan fingerprint density at radius 1 is 1.03 bits per heavy atom. The van der Waals surface area contributed by atoms with Gasteiger partial charge in [0.2, 0.25) is 0 Å². The fraction of sp³-hybridized carbons (Fsp3) is 0.417. The lowest BCUT2D eigenvalue weighted by atomic mass is 10.1. The van der Waals surface area contributed by atoms with Crippen LogP contribution in [0, 0.1) is 0 Å². The van der Waals surface area contributed by atoms with Crippen LogP contribution in [0.5, 0.6) is 11.5 Å². The van der Waals surface area contributed by atoms with Gasteiger partial charge in [-0.25, -0.2) is 0 Å². The van der Waals surface area contributed by atoms with Gasteiger partial charge >= 0.3 is 0 Å². The minimum Gasteiger partial charge on any atom is -0.486 e. The predicted molar refractivity (Wildman–Crippen MR) is 121 cm³/mol. The topological polar surface area (TPSA) is 75.2 Å². The summed E-state index contributed by atoms with van der Waals surface area (Å²) in [5.41, 5.74) is 1.84. The lowest BCUT2D eigenvalue weighted by Crippen LogP contribution is -2.45. The molecule has 1 saturated heterocycles. The van der Waals surface area contributed by atoms with Gasteiger partial charge in [-0.3, -0.25) is 9.79 Å². The van der Waals surface area contributed by atoms with E-state index in [-0.39, 0.29) is 12.0 Å². The third kappa shape index (κ3) is 5.48. The highest BCUT2D eigenvalue weighted by atomic mass is 16.6. The third-order valence-electron chi connectivity index (χ3n) is 5.59. The number of piperidine rings is 1. The Morgan fingerprint density at radius 3 is 2.52 bits per heavy atom. The number of para-hydroxylation sites is 2. The molecule has 1 atom stereocenters. The van der Waals surface area contributed by atoms with E-state index in [2.05, 4.69) is 15.6 Å². The molecule has 0 aliphatic carbocycles. The summed E-state index contributed by atoms with van der Waals surface area (Å²) >= 11 is 0. The van der Waals surface area contributed by atoms with Crippen molar-refractivity contribution in [2.45, 2.75) is 31.9 Å². The van der Waals surface area contributed by atoms with E-state index in [9.17, 15) is 4.79 Å². The fourth-order valence-corrected chi connectivity index (χ4v) is 3.83. The first-order chi connectivity index (χ1) is 15.2. The monoisotopic (exact) mass is 422 g/mol. The summed E-state index contributed by atoms with van der Waals surface area (Å²) in [7, 11) is 1.74. The quantitative estimate of drug-likeness (QED) is 0.573. The summed E-state index contributed by atoms with van der Waals surface area (Å²) in [6.45, 7) is 3.42. The number of fused-ring (bicyclic) bond motifs is 1. The molecular formula is C24H30N4O3. The molecule has 2 aromatic carbocycles. The molecule has 4 rings (SSSR count). The van der Waals surface area contributed by atoms with Crippen LogP contribution in [-0.2, 0) is 6.54 Å². The Labute approximate surface area is 183 Å². The Hall–Kier alpha value is -3.22. The van der Waals surface area contributed by atoms with Gasteiger partial charge in [-0.1, -0.05) is 24.3 Å². The maximum Gasteiger partial charge on any atom is 0.253 e.